The fraction of sp³-hybridized carbons (Fsp3) is 0.375. The summed E-state index contributed by atoms with van der Waals surface area (Å²) >= 11 is 0. The van der Waals surface area contributed by atoms with Gasteiger partial charge in [-0.25, -0.2) is 0 Å². The monoisotopic (exact) mass is 423 g/mol. The normalized spacial score (nSPS) is 14.6. The summed E-state index contributed by atoms with van der Waals surface area (Å²) in [6.45, 7) is 3.80. The van der Waals surface area contributed by atoms with E-state index in [2.05, 4.69) is 5.32 Å². The molecule has 1 aliphatic rings. The Morgan fingerprint density at radius 3 is 2.45 bits per heavy atom. The van der Waals surface area contributed by atoms with Crippen LogP contribution in [0.3, 0.4) is 0 Å². The Hall–Kier alpha value is -3.19. The molecule has 0 radical (unpaired) electrons. The van der Waals surface area contributed by atoms with Gasteiger partial charge >= 0.3 is 5.97 Å². The van der Waals surface area contributed by atoms with Gasteiger partial charge in [0.25, 0.3) is 5.91 Å². The van der Waals surface area contributed by atoms with Gasteiger partial charge in [0, 0.05) is 24.0 Å². The van der Waals surface area contributed by atoms with E-state index in [0.717, 1.165) is 5.69 Å². The lowest BCUT2D eigenvalue weighted by Gasteiger charge is -2.30. The van der Waals surface area contributed by atoms with E-state index in [4.69, 9.17) is 4.74 Å². The lowest BCUT2D eigenvalue weighted by molar-refractivity contribution is -0.149. The van der Waals surface area contributed by atoms with Crippen LogP contribution in [0.2, 0.25) is 0 Å². The molecule has 164 valence electrons. The molecule has 0 saturated carbocycles. The molecular formula is C24H29N3O4. The van der Waals surface area contributed by atoms with Crippen LogP contribution in [0.5, 0.6) is 0 Å². The number of para-hydroxylation sites is 1. The maximum Gasteiger partial charge on any atom is 0.309 e. The molecule has 0 bridgehead atoms. The molecule has 7 nitrogen and oxygen atoms in total. The number of amides is 2. The van der Waals surface area contributed by atoms with Crippen LogP contribution in [0, 0.1) is 5.92 Å². The van der Waals surface area contributed by atoms with Crippen LogP contribution in [-0.4, -0.2) is 56.0 Å². The van der Waals surface area contributed by atoms with Crippen molar-refractivity contribution < 1.29 is 19.1 Å². The van der Waals surface area contributed by atoms with Crippen molar-refractivity contribution >= 4 is 29.2 Å². The first-order valence-corrected chi connectivity index (χ1v) is 10.6. The van der Waals surface area contributed by atoms with Crippen molar-refractivity contribution in [2.24, 2.45) is 5.92 Å². The van der Waals surface area contributed by atoms with Crippen molar-refractivity contribution in [1.82, 2.24) is 4.90 Å². The number of carbonyl (C=O) groups excluding carboxylic acids is 3. The first-order valence-electron chi connectivity index (χ1n) is 10.6. The van der Waals surface area contributed by atoms with E-state index < -0.39 is 0 Å². The highest BCUT2D eigenvalue weighted by molar-refractivity contribution is 6.06. The zero-order valence-corrected chi connectivity index (χ0v) is 18.0. The van der Waals surface area contributed by atoms with Crippen LogP contribution in [0.15, 0.2) is 54.6 Å². The molecule has 7 heteroatoms. The van der Waals surface area contributed by atoms with Crippen molar-refractivity contribution in [1.29, 1.82) is 0 Å². The number of benzene rings is 2. The Morgan fingerprint density at radius 1 is 1.06 bits per heavy atom. The number of likely N-dealkylation sites (tertiary alicyclic amines) is 1. The number of carbonyl (C=O) groups is 3. The molecule has 1 saturated heterocycles. The Balaban J connectivity index is 1.53. The molecular weight excluding hydrogens is 394 g/mol. The van der Waals surface area contributed by atoms with Crippen LogP contribution in [-0.2, 0) is 14.3 Å². The van der Waals surface area contributed by atoms with Crippen molar-refractivity contribution in [3.05, 3.63) is 60.2 Å². The van der Waals surface area contributed by atoms with Gasteiger partial charge in [-0.3, -0.25) is 19.3 Å². The van der Waals surface area contributed by atoms with Gasteiger partial charge in [-0.1, -0.05) is 24.3 Å². The van der Waals surface area contributed by atoms with Crippen LogP contribution in [0.25, 0.3) is 0 Å². The number of hydrogen-bond acceptors (Lipinski definition) is 5. The summed E-state index contributed by atoms with van der Waals surface area (Å²) in [6.07, 6.45) is 1.39. The van der Waals surface area contributed by atoms with E-state index in [1.807, 2.05) is 35.2 Å². The second-order valence-electron chi connectivity index (χ2n) is 7.63. The summed E-state index contributed by atoms with van der Waals surface area (Å²) in [4.78, 5) is 40.7. The third-order valence-corrected chi connectivity index (χ3v) is 5.42. The van der Waals surface area contributed by atoms with Gasteiger partial charge in [-0.15, -0.1) is 0 Å². The van der Waals surface area contributed by atoms with Crippen molar-refractivity contribution in [3.8, 4) is 0 Å². The summed E-state index contributed by atoms with van der Waals surface area (Å²) in [5, 5.41) is 2.87. The number of esters is 1. The van der Waals surface area contributed by atoms with E-state index in [1.54, 1.807) is 43.1 Å². The largest absolute Gasteiger partial charge is 0.466 e. The molecule has 0 spiro atoms. The van der Waals surface area contributed by atoms with Gasteiger partial charge in [0.1, 0.15) is 0 Å². The summed E-state index contributed by atoms with van der Waals surface area (Å²) in [7, 11) is 1.73. The maximum absolute atomic E-state index is 12.8. The lowest BCUT2D eigenvalue weighted by atomic mass is 9.97. The summed E-state index contributed by atoms with van der Waals surface area (Å²) in [5.41, 5.74) is 1.88. The minimum Gasteiger partial charge on any atom is -0.466 e. The van der Waals surface area contributed by atoms with Crippen LogP contribution < -0.4 is 10.2 Å². The average Bonchev–Trinajstić information content (AvgIpc) is 2.79. The number of hydrogen-bond donors (Lipinski definition) is 1. The van der Waals surface area contributed by atoms with E-state index in [-0.39, 0.29) is 30.2 Å². The van der Waals surface area contributed by atoms with Gasteiger partial charge in [-0.05, 0) is 63.2 Å². The minimum absolute atomic E-state index is 0.0800. The number of rotatable bonds is 7. The smallest absolute Gasteiger partial charge is 0.309 e. The highest BCUT2D eigenvalue weighted by atomic mass is 16.5. The highest BCUT2D eigenvalue weighted by Crippen LogP contribution is 2.20. The van der Waals surface area contributed by atoms with Crippen LogP contribution in [0.4, 0.5) is 11.4 Å². The molecule has 2 aromatic rings. The predicted octanol–water partition coefficient (Wildman–Crippen LogP) is 3.18. The summed E-state index contributed by atoms with van der Waals surface area (Å²) in [5.74, 6) is -0.518. The first-order chi connectivity index (χ1) is 15.0. The van der Waals surface area contributed by atoms with Crippen molar-refractivity contribution in [2.45, 2.75) is 19.8 Å². The highest BCUT2D eigenvalue weighted by Gasteiger charge is 2.26. The molecule has 2 amide bonds. The quantitative estimate of drug-likeness (QED) is 0.692. The third kappa shape index (κ3) is 6.15. The topological polar surface area (TPSA) is 79.0 Å². The second-order valence-corrected chi connectivity index (χ2v) is 7.63. The average molecular weight is 424 g/mol. The molecule has 3 rings (SSSR count). The zero-order valence-electron chi connectivity index (χ0n) is 18.0. The number of ether oxygens (including phenoxy) is 1. The van der Waals surface area contributed by atoms with Crippen molar-refractivity contribution in [2.75, 3.05) is 43.5 Å². The van der Waals surface area contributed by atoms with Gasteiger partial charge in [0.15, 0.2) is 0 Å². The van der Waals surface area contributed by atoms with Gasteiger partial charge in [-0.2, -0.15) is 0 Å². The van der Waals surface area contributed by atoms with Gasteiger partial charge in [0.05, 0.1) is 19.1 Å². The molecule has 0 aromatic heterocycles. The third-order valence-electron chi connectivity index (χ3n) is 5.42. The molecule has 1 aliphatic heterocycles. The van der Waals surface area contributed by atoms with E-state index in [1.165, 1.54) is 0 Å². The summed E-state index contributed by atoms with van der Waals surface area (Å²) < 4.78 is 5.08. The number of nitrogens with one attached hydrogen (secondary N) is 1. The number of piperidine rings is 1. The summed E-state index contributed by atoms with van der Waals surface area (Å²) in [6, 6.07) is 16.3. The fourth-order valence-corrected chi connectivity index (χ4v) is 3.68. The fourth-order valence-electron chi connectivity index (χ4n) is 3.68. The molecule has 1 N–H and O–H groups in total. The zero-order chi connectivity index (χ0) is 22.2. The SMILES string of the molecule is CCOC(=O)C1CCN(CC(=O)Nc2cccc(C(=O)N(C)c3ccccc3)c2)CC1. The number of nitrogens with zero attached hydrogens (tertiary/aromatic N) is 2. The molecule has 31 heavy (non-hydrogen) atoms. The molecule has 1 fully saturated rings. The molecule has 1 heterocycles. The Bertz CT molecular complexity index is 908. The van der Waals surface area contributed by atoms with E-state index >= 15 is 0 Å². The van der Waals surface area contributed by atoms with E-state index in [9.17, 15) is 14.4 Å². The Labute approximate surface area is 183 Å². The van der Waals surface area contributed by atoms with Crippen LogP contribution >= 0.6 is 0 Å². The maximum atomic E-state index is 12.8. The lowest BCUT2D eigenvalue weighted by Crippen LogP contribution is -2.41. The van der Waals surface area contributed by atoms with E-state index in [0.29, 0.717) is 43.8 Å². The first kappa shape index (κ1) is 22.5. The van der Waals surface area contributed by atoms with Gasteiger partial charge < -0.3 is 15.0 Å². The van der Waals surface area contributed by atoms with Gasteiger partial charge in [0.2, 0.25) is 5.91 Å². The van der Waals surface area contributed by atoms with Crippen molar-refractivity contribution in [3.63, 3.8) is 0 Å². The molecule has 0 unspecified atom stereocenters. The predicted molar refractivity (Wildman–Crippen MR) is 120 cm³/mol. The minimum atomic E-state index is -0.150. The van der Waals surface area contributed by atoms with Crippen LogP contribution in [0.1, 0.15) is 30.1 Å². The molecule has 2 aromatic carbocycles. The number of anilines is 2. The molecule has 0 atom stereocenters. The standard InChI is InChI=1S/C24H29N3O4/c1-3-31-24(30)18-12-14-27(15-13-18)17-22(28)25-20-9-7-8-19(16-20)23(29)26(2)21-10-5-4-6-11-21/h4-11,16,18H,3,12-15,17H2,1-2H3,(H,25,28). The Kier molecular flexibility index (Phi) is 7.78. The molecule has 0 aliphatic carbocycles. The second kappa shape index (κ2) is 10.7. The Morgan fingerprint density at radius 2 is 1.77 bits per heavy atom.